The minimum atomic E-state index is -1.86. The van der Waals surface area contributed by atoms with Crippen molar-refractivity contribution in [3.05, 3.63) is 53.4 Å². The molecule has 2 aromatic heterocycles. The Hall–Kier alpha value is -2.53. The van der Waals surface area contributed by atoms with Crippen molar-refractivity contribution in [3.8, 4) is 11.1 Å². The van der Waals surface area contributed by atoms with Gasteiger partial charge < -0.3 is 20.9 Å². The lowest BCUT2D eigenvalue weighted by atomic mass is 9.97. The van der Waals surface area contributed by atoms with Gasteiger partial charge >= 0.3 is 0 Å². The molecule has 7 nitrogen and oxygen atoms in total. The molecule has 10 heteroatoms. The number of piperidine rings is 1. The van der Waals surface area contributed by atoms with E-state index >= 15 is 0 Å². The Morgan fingerprint density at radius 1 is 1.21 bits per heavy atom. The van der Waals surface area contributed by atoms with Gasteiger partial charge in [0.25, 0.3) is 0 Å². The Labute approximate surface area is 194 Å². The number of fused-ring (bicyclic) bond motifs is 1. The summed E-state index contributed by atoms with van der Waals surface area (Å²) in [7, 11) is 0. The minimum Gasteiger partial charge on any atom is -0.773 e. The number of hydrogen-bond acceptors (Lipinski definition) is 7. The van der Waals surface area contributed by atoms with Gasteiger partial charge in [-0.25, -0.2) is 13.8 Å². The summed E-state index contributed by atoms with van der Waals surface area (Å²) < 4.78 is 47.5. The zero-order valence-corrected chi connectivity index (χ0v) is 19.6. The number of aryl methyl sites for hydroxylation is 1. The standard InChI is InChI=1S/C22H25F2N5.CH4O2S/c1-12-7-16(13(2)25)18-8-14(9-19(23)22(18)28-12)17-10-21(27-11-20(17)24)29-15-3-5-26-6-4-15;1-4(2)3/h7-11,13,15,26H,3-6,25H2,1-2H3,(H,27,29);1H3,(H,2,3)/p-1. The predicted molar refractivity (Wildman–Crippen MR) is 127 cm³/mol. The molecule has 33 heavy (non-hydrogen) atoms. The van der Waals surface area contributed by atoms with E-state index in [0.717, 1.165) is 37.8 Å². The predicted octanol–water partition coefficient (Wildman–Crippen LogP) is 3.56. The molecule has 0 aliphatic carbocycles. The molecule has 1 aromatic carbocycles. The molecule has 0 saturated carbocycles. The monoisotopic (exact) mass is 476 g/mol. The number of nitrogens with one attached hydrogen (secondary N) is 2. The summed E-state index contributed by atoms with van der Waals surface area (Å²) in [5, 5.41) is 7.27. The van der Waals surface area contributed by atoms with Gasteiger partial charge in [-0.2, -0.15) is 0 Å². The van der Waals surface area contributed by atoms with Crippen molar-refractivity contribution in [1.82, 2.24) is 15.3 Å². The summed E-state index contributed by atoms with van der Waals surface area (Å²) in [5.74, 6) is -0.405. The van der Waals surface area contributed by atoms with Crippen molar-refractivity contribution >= 4 is 27.8 Å². The minimum absolute atomic E-state index is 0.253. The average Bonchev–Trinajstić information content (AvgIpc) is 2.75. The molecule has 2 atom stereocenters. The zero-order valence-electron chi connectivity index (χ0n) is 18.8. The van der Waals surface area contributed by atoms with Crippen molar-refractivity contribution < 1.29 is 17.5 Å². The molecular formula is C23H28F2N5O2S-. The van der Waals surface area contributed by atoms with Crippen LogP contribution in [-0.4, -0.2) is 44.1 Å². The van der Waals surface area contributed by atoms with Crippen LogP contribution in [0.25, 0.3) is 22.0 Å². The largest absolute Gasteiger partial charge is 0.773 e. The maximum absolute atomic E-state index is 14.9. The number of pyridine rings is 2. The van der Waals surface area contributed by atoms with Gasteiger partial charge in [0.1, 0.15) is 23.0 Å². The van der Waals surface area contributed by atoms with Crippen LogP contribution >= 0.6 is 0 Å². The lowest BCUT2D eigenvalue weighted by molar-refractivity contribution is 0.478. The van der Waals surface area contributed by atoms with Gasteiger partial charge in [0, 0.05) is 28.7 Å². The van der Waals surface area contributed by atoms with Crippen LogP contribution in [0.5, 0.6) is 0 Å². The fourth-order valence-corrected chi connectivity index (χ4v) is 3.89. The van der Waals surface area contributed by atoms with Gasteiger partial charge in [0.15, 0.2) is 0 Å². The summed E-state index contributed by atoms with van der Waals surface area (Å²) >= 11 is -1.86. The first-order chi connectivity index (χ1) is 15.7. The van der Waals surface area contributed by atoms with Crippen molar-refractivity contribution in [1.29, 1.82) is 0 Å². The molecule has 178 valence electrons. The summed E-state index contributed by atoms with van der Waals surface area (Å²) in [4.78, 5) is 8.48. The highest BCUT2D eigenvalue weighted by Crippen LogP contribution is 2.32. The molecule has 1 aliphatic rings. The van der Waals surface area contributed by atoms with Crippen LogP contribution in [0.4, 0.5) is 14.6 Å². The maximum atomic E-state index is 14.9. The third kappa shape index (κ3) is 6.50. The second kappa shape index (κ2) is 11.1. The summed E-state index contributed by atoms with van der Waals surface area (Å²) in [6, 6.07) is 6.57. The molecule has 0 radical (unpaired) electrons. The van der Waals surface area contributed by atoms with Crippen LogP contribution in [0.15, 0.2) is 30.5 Å². The van der Waals surface area contributed by atoms with Crippen LogP contribution in [0, 0.1) is 18.6 Å². The molecule has 1 saturated heterocycles. The number of hydrogen-bond donors (Lipinski definition) is 3. The highest BCUT2D eigenvalue weighted by molar-refractivity contribution is 7.78. The number of anilines is 1. The third-order valence-corrected chi connectivity index (χ3v) is 5.38. The Bertz CT molecular complexity index is 1150. The third-order valence-electron chi connectivity index (χ3n) is 5.38. The van der Waals surface area contributed by atoms with Crippen LogP contribution < -0.4 is 16.4 Å². The van der Waals surface area contributed by atoms with Gasteiger partial charge in [-0.15, -0.1) is 0 Å². The van der Waals surface area contributed by atoms with E-state index in [1.165, 1.54) is 12.3 Å². The van der Waals surface area contributed by atoms with Gasteiger partial charge in [-0.3, -0.25) is 9.19 Å². The van der Waals surface area contributed by atoms with E-state index < -0.39 is 22.7 Å². The van der Waals surface area contributed by atoms with Crippen LogP contribution in [0.1, 0.15) is 37.1 Å². The quantitative estimate of drug-likeness (QED) is 0.493. The molecule has 4 N–H and O–H groups in total. The first-order valence-corrected chi connectivity index (χ1v) is 12.1. The molecule has 1 aliphatic heterocycles. The number of nitrogens with zero attached hydrogens (tertiary/aromatic N) is 2. The number of halogens is 2. The number of aromatic nitrogens is 2. The molecule has 2 unspecified atom stereocenters. The molecule has 0 spiro atoms. The van der Waals surface area contributed by atoms with Crippen molar-refractivity contribution in [3.63, 3.8) is 0 Å². The summed E-state index contributed by atoms with van der Waals surface area (Å²) in [6.45, 7) is 5.52. The van der Waals surface area contributed by atoms with E-state index in [1.54, 1.807) is 19.1 Å². The second-order valence-electron chi connectivity index (χ2n) is 8.12. The molecule has 1 fully saturated rings. The fourth-order valence-electron chi connectivity index (χ4n) is 3.89. The highest BCUT2D eigenvalue weighted by Gasteiger charge is 2.17. The fraction of sp³-hybridized carbons (Fsp3) is 0.391. The van der Waals surface area contributed by atoms with Crippen molar-refractivity contribution in [2.75, 3.05) is 24.7 Å². The van der Waals surface area contributed by atoms with Crippen LogP contribution in [0.3, 0.4) is 0 Å². The van der Waals surface area contributed by atoms with E-state index in [9.17, 15) is 8.78 Å². The smallest absolute Gasteiger partial charge is 0.150 e. The zero-order chi connectivity index (χ0) is 24.1. The number of benzene rings is 1. The first-order valence-electron chi connectivity index (χ1n) is 10.7. The summed E-state index contributed by atoms with van der Waals surface area (Å²) in [5.41, 5.74) is 8.57. The van der Waals surface area contributed by atoms with E-state index in [-0.39, 0.29) is 17.6 Å². The van der Waals surface area contributed by atoms with E-state index in [4.69, 9.17) is 14.5 Å². The summed E-state index contributed by atoms with van der Waals surface area (Å²) in [6.07, 6.45) is 4.21. The van der Waals surface area contributed by atoms with Crippen LogP contribution in [0.2, 0.25) is 0 Å². The van der Waals surface area contributed by atoms with Crippen molar-refractivity contribution in [2.45, 2.75) is 38.8 Å². The SMILES string of the molecule is CS(=O)[O-].Cc1cc(C(C)N)c2cc(-c3cc(NC4CCNCC4)ncc3F)cc(F)c2n1. The van der Waals surface area contributed by atoms with Crippen molar-refractivity contribution in [2.24, 2.45) is 5.73 Å². The lowest BCUT2D eigenvalue weighted by Gasteiger charge is -2.24. The van der Waals surface area contributed by atoms with Gasteiger partial charge in [0.05, 0.1) is 6.20 Å². The first kappa shape index (κ1) is 25.1. The maximum Gasteiger partial charge on any atom is 0.150 e. The van der Waals surface area contributed by atoms with E-state index in [1.807, 2.05) is 13.0 Å². The van der Waals surface area contributed by atoms with E-state index in [2.05, 4.69) is 20.6 Å². The van der Waals surface area contributed by atoms with Gasteiger partial charge in [-0.1, -0.05) is 11.1 Å². The van der Waals surface area contributed by atoms with Gasteiger partial charge in [-0.05, 0) is 81.4 Å². The highest BCUT2D eigenvalue weighted by atomic mass is 32.2. The lowest BCUT2D eigenvalue weighted by Crippen LogP contribution is -2.35. The molecule has 0 amide bonds. The van der Waals surface area contributed by atoms with Gasteiger partial charge in [0.2, 0.25) is 0 Å². The number of nitrogens with two attached hydrogens (primary N) is 1. The Kier molecular flexibility index (Phi) is 8.41. The number of rotatable bonds is 4. The molecule has 3 heterocycles. The molecule has 3 aromatic rings. The Morgan fingerprint density at radius 3 is 2.52 bits per heavy atom. The van der Waals surface area contributed by atoms with Crippen LogP contribution in [-0.2, 0) is 11.1 Å². The molecular weight excluding hydrogens is 448 g/mol. The normalized spacial score (nSPS) is 16.1. The molecule has 4 rings (SSSR count). The Morgan fingerprint density at radius 2 is 1.88 bits per heavy atom. The second-order valence-corrected chi connectivity index (χ2v) is 8.92. The van der Waals surface area contributed by atoms with E-state index in [0.29, 0.717) is 28.0 Å². The molecule has 0 bridgehead atoms. The average molecular weight is 477 g/mol. The Balaban J connectivity index is 0.000000709. The topological polar surface area (TPSA) is 116 Å².